The zero-order chi connectivity index (χ0) is 14.1. The SMILES string of the molecule is Cc1cc2ccccc2nc1NC(C)c1ccc(Cl)s1. The number of nitrogens with zero attached hydrogens (tertiary/aromatic N) is 1. The molecule has 0 amide bonds. The van der Waals surface area contributed by atoms with Crippen molar-refractivity contribution in [1.82, 2.24) is 4.98 Å². The lowest BCUT2D eigenvalue weighted by atomic mass is 10.1. The first-order valence-corrected chi connectivity index (χ1v) is 7.71. The van der Waals surface area contributed by atoms with Crippen LogP contribution in [0.5, 0.6) is 0 Å². The third kappa shape index (κ3) is 2.65. The molecule has 0 aliphatic heterocycles. The normalized spacial score (nSPS) is 12.6. The molecule has 0 aliphatic carbocycles. The van der Waals surface area contributed by atoms with Gasteiger partial charge in [0.15, 0.2) is 0 Å². The summed E-state index contributed by atoms with van der Waals surface area (Å²) in [5, 5.41) is 4.64. The monoisotopic (exact) mass is 302 g/mol. The van der Waals surface area contributed by atoms with Crippen LogP contribution in [0.3, 0.4) is 0 Å². The van der Waals surface area contributed by atoms with Crippen LogP contribution in [-0.2, 0) is 0 Å². The van der Waals surface area contributed by atoms with Gasteiger partial charge in [0, 0.05) is 10.3 Å². The summed E-state index contributed by atoms with van der Waals surface area (Å²) in [4.78, 5) is 5.92. The molecule has 102 valence electrons. The second kappa shape index (κ2) is 5.43. The number of anilines is 1. The Kier molecular flexibility index (Phi) is 3.64. The highest BCUT2D eigenvalue weighted by Gasteiger charge is 2.11. The van der Waals surface area contributed by atoms with E-state index in [9.17, 15) is 0 Å². The first-order chi connectivity index (χ1) is 9.63. The molecule has 20 heavy (non-hydrogen) atoms. The van der Waals surface area contributed by atoms with Gasteiger partial charge in [0.25, 0.3) is 0 Å². The molecule has 1 N–H and O–H groups in total. The van der Waals surface area contributed by atoms with E-state index in [1.807, 2.05) is 24.3 Å². The van der Waals surface area contributed by atoms with Crippen LogP contribution in [0.25, 0.3) is 10.9 Å². The Morgan fingerprint density at radius 3 is 2.75 bits per heavy atom. The number of fused-ring (bicyclic) bond motifs is 1. The van der Waals surface area contributed by atoms with E-state index in [1.165, 1.54) is 10.3 Å². The van der Waals surface area contributed by atoms with Crippen LogP contribution in [0.15, 0.2) is 42.5 Å². The van der Waals surface area contributed by atoms with Crippen molar-refractivity contribution >= 4 is 39.7 Å². The molecule has 3 rings (SSSR count). The molecule has 2 heterocycles. The van der Waals surface area contributed by atoms with E-state index in [4.69, 9.17) is 16.6 Å². The first kappa shape index (κ1) is 13.4. The minimum absolute atomic E-state index is 0.194. The van der Waals surface area contributed by atoms with E-state index in [2.05, 4.69) is 37.4 Å². The fraction of sp³-hybridized carbons (Fsp3) is 0.188. The fourth-order valence-electron chi connectivity index (χ4n) is 2.20. The number of para-hydroxylation sites is 1. The number of aromatic nitrogens is 1. The molecule has 0 fully saturated rings. The van der Waals surface area contributed by atoms with E-state index < -0.39 is 0 Å². The molecule has 4 heteroatoms. The van der Waals surface area contributed by atoms with Crippen molar-refractivity contribution in [3.8, 4) is 0 Å². The van der Waals surface area contributed by atoms with Crippen molar-refractivity contribution in [2.75, 3.05) is 5.32 Å². The van der Waals surface area contributed by atoms with Gasteiger partial charge in [-0.05, 0) is 43.7 Å². The van der Waals surface area contributed by atoms with Crippen LogP contribution in [0.4, 0.5) is 5.82 Å². The topological polar surface area (TPSA) is 24.9 Å². The molecular weight excluding hydrogens is 288 g/mol. The van der Waals surface area contributed by atoms with E-state index in [0.717, 1.165) is 21.2 Å². The van der Waals surface area contributed by atoms with Crippen LogP contribution in [-0.4, -0.2) is 4.98 Å². The van der Waals surface area contributed by atoms with Crippen molar-refractivity contribution in [2.24, 2.45) is 0 Å². The molecule has 0 saturated heterocycles. The molecule has 1 unspecified atom stereocenters. The van der Waals surface area contributed by atoms with E-state index in [0.29, 0.717) is 0 Å². The Labute approximate surface area is 127 Å². The highest BCUT2D eigenvalue weighted by Crippen LogP contribution is 2.30. The number of halogens is 1. The predicted octanol–water partition coefficient (Wildman–Crippen LogP) is 5.43. The third-order valence-corrected chi connectivity index (χ3v) is 4.70. The molecule has 0 aliphatic rings. The van der Waals surface area contributed by atoms with Crippen molar-refractivity contribution < 1.29 is 0 Å². The standard InChI is InChI=1S/C16H15ClN2S/c1-10-9-12-5-3-4-6-13(12)19-16(10)18-11(2)14-7-8-15(17)20-14/h3-9,11H,1-2H3,(H,18,19). The van der Waals surface area contributed by atoms with E-state index in [1.54, 1.807) is 11.3 Å². The van der Waals surface area contributed by atoms with Crippen molar-refractivity contribution in [3.05, 3.63) is 57.2 Å². The molecule has 1 atom stereocenters. The fourth-order valence-corrected chi connectivity index (χ4v) is 3.27. The second-order valence-electron chi connectivity index (χ2n) is 4.85. The van der Waals surface area contributed by atoms with Gasteiger partial charge in [-0.15, -0.1) is 11.3 Å². The molecule has 0 spiro atoms. The Morgan fingerprint density at radius 1 is 1.20 bits per heavy atom. The summed E-state index contributed by atoms with van der Waals surface area (Å²) in [6.45, 7) is 4.20. The number of hydrogen-bond donors (Lipinski definition) is 1. The van der Waals surface area contributed by atoms with Crippen LogP contribution < -0.4 is 5.32 Å². The first-order valence-electron chi connectivity index (χ1n) is 6.51. The van der Waals surface area contributed by atoms with Crippen LogP contribution >= 0.6 is 22.9 Å². The zero-order valence-electron chi connectivity index (χ0n) is 11.4. The van der Waals surface area contributed by atoms with Crippen molar-refractivity contribution in [3.63, 3.8) is 0 Å². The van der Waals surface area contributed by atoms with Crippen molar-refractivity contribution in [2.45, 2.75) is 19.9 Å². The Balaban J connectivity index is 1.92. The maximum Gasteiger partial charge on any atom is 0.130 e. The van der Waals surface area contributed by atoms with Gasteiger partial charge in [0.05, 0.1) is 15.9 Å². The van der Waals surface area contributed by atoms with E-state index >= 15 is 0 Å². The summed E-state index contributed by atoms with van der Waals surface area (Å²) in [6, 6.07) is 14.5. The molecule has 0 radical (unpaired) electrons. The molecular formula is C16H15ClN2S. The van der Waals surface area contributed by atoms with Crippen molar-refractivity contribution in [1.29, 1.82) is 0 Å². The molecule has 1 aromatic carbocycles. The summed E-state index contributed by atoms with van der Waals surface area (Å²) in [6.07, 6.45) is 0. The average molecular weight is 303 g/mol. The Hall–Kier alpha value is -1.58. The smallest absolute Gasteiger partial charge is 0.130 e. The van der Waals surface area contributed by atoms with Crippen LogP contribution in [0.1, 0.15) is 23.4 Å². The molecule has 0 saturated carbocycles. The highest BCUT2D eigenvalue weighted by molar-refractivity contribution is 7.16. The van der Waals surface area contributed by atoms with Gasteiger partial charge in [-0.2, -0.15) is 0 Å². The van der Waals surface area contributed by atoms with Gasteiger partial charge < -0.3 is 5.32 Å². The quantitative estimate of drug-likeness (QED) is 0.697. The second-order valence-corrected chi connectivity index (χ2v) is 6.60. The Morgan fingerprint density at radius 2 is 2.00 bits per heavy atom. The lowest BCUT2D eigenvalue weighted by Gasteiger charge is -2.15. The largest absolute Gasteiger partial charge is 0.362 e. The van der Waals surface area contributed by atoms with Gasteiger partial charge in [-0.25, -0.2) is 4.98 Å². The average Bonchev–Trinajstić information content (AvgIpc) is 2.86. The summed E-state index contributed by atoms with van der Waals surface area (Å²) in [5.74, 6) is 0.931. The lowest BCUT2D eigenvalue weighted by molar-refractivity contribution is 0.895. The predicted molar refractivity (Wildman–Crippen MR) is 87.8 cm³/mol. The van der Waals surface area contributed by atoms with Crippen LogP contribution in [0.2, 0.25) is 4.34 Å². The Bertz CT molecular complexity index is 751. The summed E-state index contributed by atoms with van der Waals surface area (Å²) >= 11 is 7.59. The number of aryl methyl sites for hydroxylation is 1. The number of benzene rings is 1. The van der Waals surface area contributed by atoms with Gasteiger partial charge >= 0.3 is 0 Å². The molecule has 2 nitrogen and oxygen atoms in total. The highest BCUT2D eigenvalue weighted by atomic mass is 35.5. The van der Waals surface area contributed by atoms with Gasteiger partial charge in [-0.3, -0.25) is 0 Å². The maximum atomic E-state index is 5.99. The molecule has 0 bridgehead atoms. The number of nitrogens with one attached hydrogen (secondary N) is 1. The number of pyridine rings is 1. The summed E-state index contributed by atoms with van der Waals surface area (Å²) < 4.78 is 0.817. The number of thiophene rings is 1. The van der Waals surface area contributed by atoms with Crippen LogP contribution in [0, 0.1) is 6.92 Å². The number of hydrogen-bond acceptors (Lipinski definition) is 3. The van der Waals surface area contributed by atoms with Gasteiger partial charge in [0.2, 0.25) is 0 Å². The zero-order valence-corrected chi connectivity index (χ0v) is 12.9. The maximum absolute atomic E-state index is 5.99. The molecule has 2 aromatic heterocycles. The summed E-state index contributed by atoms with van der Waals surface area (Å²) in [5.41, 5.74) is 2.16. The number of rotatable bonds is 3. The minimum Gasteiger partial charge on any atom is -0.362 e. The minimum atomic E-state index is 0.194. The lowest BCUT2D eigenvalue weighted by Crippen LogP contribution is -2.07. The summed E-state index contributed by atoms with van der Waals surface area (Å²) in [7, 11) is 0. The molecule has 3 aromatic rings. The van der Waals surface area contributed by atoms with Gasteiger partial charge in [-0.1, -0.05) is 29.8 Å². The van der Waals surface area contributed by atoms with E-state index in [-0.39, 0.29) is 6.04 Å². The van der Waals surface area contributed by atoms with Gasteiger partial charge in [0.1, 0.15) is 5.82 Å². The third-order valence-electron chi connectivity index (χ3n) is 3.29.